The Balaban J connectivity index is 1.88. The lowest BCUT2D eigenvalue weighted by molar-refractivity contribution is 0.824. The Kier molecular flexibility index (Phi) is 2.97. The first-order chi connectivity index (χ1) is 8.22. The molecule has 0 spiro atoms. The van der Waals surface area contributed by atoms with Crippen LogP contribution in [0.2, 0.25) is 0 Å². The van der Waals surface area contributed by atoms with Crippen LogP contribution in [-0.4, -0.2) is 0 Å². The molecule has 1 heterocycles. The maximum Gasteiger partial charge on any atom is 0.0555 e. The second kappa shape index (κ2) is 4.46. The van der Waals surface area contributed by atoms with Crippen LogP contribution in [0.3, 0.4) is 0 Å². The van der Waals surface area contributed by atoms with Crippen molar-refractivity contribution in [1.82, 2.24) is 0 Å². The number of hydrogen-bond donors (Lipinski definition) is 1. The van der Waals surface area contributed by atoms with Crippen molar-refractivity contribution in [3.8, 4) is 0 Å². The van der Waals surface area contributed by atoms with Gasteiger partial charge in [-0.15, -0.1) is 0 Å². The number of fused-ring (bicyclic) bond motifs is 1. The van der Waals surface area contributed by atoms with E-state index >= 15 is 0 Å². The van der Waals surface area contributed by atoms with Crippen LogP contribution in [0.4, 0.5) is 5.69 Å². The van der Waals surface area contributed by atoms with Gasteiger partial charge in [0.15, 0.2) is 0 Å². The first-order valence-electron chi connectivity index (χ1n) is 5.53. The Morgan fingerprint density at radius 2 is 1.65 bits per heavy atom. The molecule has 0 aliphatic carbocycles. The molecule has 1 atom stereocenters. The van der Waals surface area contributed by atoms with Gasteiger partial charge in [-0.25, -0.2) is 0 Å². The van der Waals surface area contributed by atoms with Gasteiger partial charge in [-0.1, -0.05) is 44.0 Å². The molecule has 0 saturated heterocycles. The summed E-state index contributed by atoms with van der Waals surface area (Å²) in [6, 6.07) is 15.3. The highest BCUT2D eigenvalue weighted by molar-refractivity contribution is 9.10. The Hall–Kier alpha value is -0.800. The molecule has 1 nitrogen and oxygen atoms in total. The number of hydrogen-bond acceptors (Lipinski definition) is 1. The van der Waals surface area contributed by atoms with Crippen molar-refractivity contribution in [2.75, 3.05) is 5.32 Å². The standard InChI is InChI=1S/C14H11Br2N/c15-11-3-1-9(2-4-11)14-8-10-7-12(16)5-6-13(10)17-14/h1-7,14,17H,8H2. The van der Waals surface area contributed by atoms with Crippen molar-refractivity contribution in [2.24, 2.45) is 0 Å². The third kappa shape index (κ3) is 2.26. The summed E-state index contributed by atoms with van der Waals surface area (Å²) < 4.78 is 2.27. The van der Waals surface area contributed by atoms with Crippen LogP contribution in [0.15, 0.2) is 51.4 Å². The van der Waals surface area contributed by atoms with E-state index in [1.807, 2.05) is 0 Å². The third-order valence-corrected chi connectivity index (χ3v) is 4.12. The van der Waals surface area contributed by atoms with Crippen LogP contribution >= 0.6 is 31.9 Å². The topological polar surface area (TPSA) is 12.0 Å². The summed E-state index contributed by atoms with van der Waals surface area (Å²) in [5.41, 5.74) is 3.97. The van der Waals surface area contributed by atoms with Gasteiger partial charge in [0, 0.05) is 14.6 Å². The molecule has 3 heteroatoms. The molecule has 1 aliphatic rings. The molecule has 1 aliphatic heterocycles. The Morgan fingerprint density at radius 1 is 0.941 bits per heavy atom. The summed E-state index contributed by atoms with van der Waals surface area (Å²) in [5, 5.41) is 3.56. The number of rotatable bonds is 1. The number of benzene rings is 2. The van der Waals surface area contributed by atoms with Crippen LogP contribution < -0.4 is 5.32 Å². The molecular formula is C14H11Br2N. The fourth-order valence-corrected chi connectivity index (χ4v) is 2.90. The van der Waals surface area contributed by atoms with Gasteiger partial charge in [0.2, 0.25) is 0 Å². The lowest BCUT2D eigenvalue weighted by Crippen LogP contribution is -2.05. The summed E-state index contributed by atoms with van der Waals surface area (Å²) in [4.78, 5) is 0. The lowest BCUT2D eigenvalue weighted by atomic mass is 10.0. The van der Waals surface area contributed by atoms with Crippen molar-refractivity contribution < 1.29 is 0 Å². The first-order valence-corrected chi connectivity index (χ1v) is 7.11. The zero-order valence-electron chi connectivity index (χ0n) is 9.08. The van der Waals surface area contributed by atoms with E-state index in [9.17, 15) is 0 Å². The second-order valence-corrected chi connectivity index (χ2v) is 6.09. The van der Waals surface area contributed by atoms with Crippen LogP contribution in [0, 0.1) is 0 Å². The predicted octanol–water partition coefficient (Wildman–Crippen LogP) is 4.92. The zero-order chi connectivity index (χ0) is 11.8. The van der Waals surface area contributed by atoms with Gasteiger partial charge in [0.1, 0.15) is 0 Å². The van der Waals surface area contributed by atoms with E-state index in [0.717, 1.165) is 15.4 Å². The monoisotopic (exact) mass is 351 g/mol. The van der Waals surface area contributed by atoms with Gasteiger partial charge in [-0.3, -0.25) is 0 Å². The maximum absolute atomic E-state index is 3.56. The smallest absolute Gasteiger partial charge is 0.0555 e. The Morgan fingerprint density at radius 3 is 2.41 bits per heavy atom. The van der Waals surface area contributed by atoms with E-state index in [0.29, 0.717) is 6.04 Å². The molecule has 1 N–H and O–H groups in total. The molecule has 0 fully saturated rings. The minimum absolute atomic E-state index is 0.396. The van der Waals surface area contributed by atoms with Crippen LogP contribution in [0.1, 0.15) is 17.2 Å². The fraction of sp³-hybridized carbons (Fsp3) is 0.143. The molecule has 0 aromatic heterocycles. The van der Waals surface area contributed by atoms with Crippen molar-refractivity contribution in [2.45, 2.75) is 12.5 Å². The number of halogens is 2. The van der Waals surface area contributed by atoms with Gasteiger partial charge in [-0.05, 0) is 47.9 Å². The highest BCUT2D eigenvalue weighted by Gasteiger charge is 2.21. The van der Waals surface area contributed by atoms with Crippen LogP contribution in [-0.2, 0) is 6.42 Å². The molecule has 3 rings (SSSR count). The molecule has 0 saturated carbocycles. The average Bonchev–Trinajstić information content (AvgIpc) is 2.72. The summed E-state index contributed by atoms with van der Waals surface area (Å²) in [6.45, 7) is 0. The number of anilines is 1. The van der Waals surface area contributed by atoms with Gasteiger partial charge in [-0.2, -0.15) is 0 Å². The average molecular weight is 353 g/mol. The molecule has 2 aromatic rings. The zero-order valence-corrected chi connectivity index (χ0v) is 12.3. The fourth-order valence-electron chi connectivity index (χ4n) is 2.23. The lowest BCUT2D eigenvalue weighted by Gasteiger charge is -2.11. The highest BCUT2D eigenvalue weighted by Crippen LogP contribution is 2.35. The summed E-state index contributed by atoms with van der Waals surface area (Å²) in [6.07, 6.45) is 1.05. The molecule has 0 bridgehead atoms. The molecule has 1 unspecified atom stereocenters. The van der Waals surface area contributed by atoms with Gasteiger partial charge < -0.3 is 5.32 Å². The van der Waals surface area contributed by atoms with E-state index in [-0.39, 0.29) is 0 Å². The van der Waals surface area contributed by atoms with Crippen molar-refractivity contribution in [3.05, 3.63) is 62.5 Å². The Bertz CT molecular complexity index is 549. The maximum atomic E-state index is 3.56. The quantitative estimate of drug-likeness (QED) is 0.767. The van der Waals surface area contributed by atoms with Crippen molar-refractivity contribution in [3.63, 3.8) is 0 Å². The van der Waals surface area contributed by atoms with E-state index in [2.05, 4.69) is 79.6 Å². The van der Waals surface area contributed by atoms with Gasteiger partial charge in [0.25, 0.3) is 0 Å². The van der Waals surface area contributed by atoms with Crippen molar-refractivity contribution in [1.29, 1.82) is 0 Å². The minimum atomic E-state index is 0.396. The molecule has 0 radical (unpaired) electrons. The molecule has 0 amide bonds. The van der Waals surface area contributed by atoms with E-state index in [1.165, 1.54) is 16.8 Å². The van der Waals surface area contributed by atoms with Crippen molar-refractivity contribution >= 4 is 37.5 Å². The van der Waals surface area contributed by atoms with E-state index in [1.54, 1.807) is 0 Å². The largest absolute Gasteiger partial charge is 0.378 e. The van der Waals surface area contributed by atoms with E-state index in [4.69, 9.17) is 0 Å². The summed E-state index contributed by atoms with van der Waals surface area (Å²) >= 11 is 6.98. The molecule has 17 heavy (non-hydrogen) atoms. The van der Waals surface area contributed by atoms with Gasteiger partial charge >= 0.3 is 0 Å². The first kappa shape index (κ1) is 11.3. The summed E-state index contributed by atoms with van der Waals surface area (Å²) in [7, 11) is 0. The van der Waals surface area contributed by atoms with Crippen LogP contribution in [0.25, 0.3) is 0 Å². The molecule has 2 aromatic carbocycles. The Labute approximate surface area is 117 Å². The summed E-state index contributed by atoms with van der Waals surface area (Å²) in [5.74, 6) is 0. The highest BCUT2D eigenvalue weighted by atomic mass is 79.9. The number of nitrogens with one attached hydrogen (secondary N) is 1. The van der Waals surface area contributed by atoms with Gasteiger partial charge in [0.05, 0.1) is 6.04 Å². The van der Waals surface area contributed by atoms with E-state index < -0.39 is 0 Å². The van der Waals surface area contributed by atoms with Crippen LogP contribution in [0.5, 0.6) is 0 Å². The normalized spacial score (nSPS) is 17.6. The SMILES string of the molecule is Brc1ccc(C2Cc3cc(Br)ccc3N2)cc1. The molecule has 86 valence electrons. The predicted molar refractivity (Wildman–Crippen MR) is 78.4 cm³/mol. The second-order valence-electron chi connectivity index (χ2n) is 4.25. The molecular weight excluding hydrogens is 342 g/mol. The minimum Gasteiger partial charge on any atom is -0.378 e. The third-order valence-electron chi connectivity index (χ3n) is 3.09.